The van der Waals surface area contributed by atoms with Crippen molar-refractivity contribution >= 4 is 23.8 Å². The molecule has 0 aromatic carbocycles. The van der Waals surface area contributed by atoms with Crippen molar-refractivity contribution < 1.29 is 28.7 Å². The monoisotopic (exact) mass is 437 g/mol. The van der Waals surface area contributed by atoms with Gasteiger partial charge in [-0.05, 0) is 43.9 Å². The van der Waals surface area contributed by atoms with Gasteiger partial charge in [0.05, 0.1) is 13.2 Å². The largest absolute Gasteiger partial charge is 0.451 e. The molecule has 3 rings (SSSR count). The second-order valence-corrected chi connectivity index (χ2v) is 9.59. The highest BCUT2D eigenvalue weighted by atomic mass is 16.5. The lowest BCUT2D eigenvalue weighted by Crippen LogP contribution is -2.51. The van der Waals surface area contributed by atoms with Gasteiger partial charge in [-0.3, -0.25) is 19.3 Å². The normalized spacial score (nSPS) is 27.9. The Bertz CT molecular complexity index is 723. The van der Waals surface area contributed by atoms with Gasteiger partial charge in [0.25, 0.3) is 11.8 Å². The first kappa shape index (κ1) is 23.5. The van der Waals surface area contributed by atoms with E-state index in [9.17, 15) is 19.2 Å². The molecule has 1 atom stereocenters. The fourth-order valence-electron chi connectivity index (χ4n) is 4.79. The summed E-state index contributed by atoms with van der Waals surface area (Å²) in [5, 5.41) is 2.83. The predicted octanol–water partition coefficient (Wildman–Crippen LogP) is 1.69. The fraction of sp³-hybridized carbons (Fsp3) is 0.818. The molecule has 0 radical (unpaired) electrons. The number of amides is 4. The predicted molar refractivity (Wildman–Crippen MR) is 112 cm³/mol. The van der Waals surface area contributed by atoms with Crippen molar-refractivity contribution in [1.82, 2.24) is 15.1 Å². The van der Waals surface area contributed by atoms with Crippen LogP contribution in [0, 0.1) is 11.3 Å². The smallest absolute Gasteiger partial charge is 0.327 e. The summed E-state index contributed by atoms with van der Waals surface area (Å²) < 4.78 is 10.5. The lowest BCUT2D eigenvalue weighted by molar-refractivity contribution is -0.162. The average Bonchev–Trinajstić information content (AvgIpc) is 2.98. The second kappa shape index (κ2) is 9.14. The van der Waals surface area contributed by atoms with Crippen molar-refractivity contribution in [2.45, 2.75) is 71.4 Å². The van der Waals surface area contributed by atoms with Crippen LogP contribution in [-0.4, -0.2) is 78.1 Å². The molecular weight excluding hydrogens is 402 g/mol. The molecule has 1 spiro atoms. The number of hydrogen-bond donors (Lipinski definition) is 1. The number of rotatable bonds is 6. The summed E-state index contributed by atoms with van der Waals surface area (Å²) in [5.74, 6) is -0.939. The third-order valence-corrected chi connectivity index (χ3v) is 7.37. The van der Waals surface area contributed by atoms with Crippen LogP contribution in [0.3, 0.4) is 0 Å². The van der Waals surface area contributed by atoms with E-state index in [1.54, 1.807) is 4.90 Å². The lowest BCUT2D eigenvalue weighted by Gasteiger charge is -2.42. The van der Waals surface area contributed by atoms with Crippen LogP contribution < -0.4 is 5.32 Å². The van der Waals surface area contributed by atoms with E-state index in [2.05, 4.69) is 26.1 Å². The Balaban J connectivity index is 1.55. The number of carbonyl (C=O) groups excluding carboxylic acids is 4. The molecule has 0 aromatic heterocycles. The number of nitrogens with one attached hydrogen (secondary N) is 1. The van der Waals surface area contributed by atoms with Crippen molar-refractivity contribution in [2.75, 3.05) is 32.8 Å². The molecule has 3 aliphatic rings. The molecule has 9 heteroatoms. The van der Waals surface area contributed by atoms with Crippen LogP contribution in [0.1, 0.15) is 59.8 Å². The van der Waals surface area contributed by atoms with Crippen molar-refractivity contribution in [3.8, 4) is 0 Å². The summed E-state index contributed by atoms with van der Waals surface area (Å²) in [7, 11) is 0. The van der Waals surface area contributed by atoms with Crippen LogP contribution in [0.2, 0.25) is 0 Å². The zero-order valence-corrected chi connectivity index (χ0v) is 19.1. The van der Waals surface area contributed by atoms with Crippen molar-refractivity contribution in [1.29, 1.82) is 0 Å². The van der Waals surface area contributed by atoms with Gasteiger partial charge in [-0.25, -0.2) is 4.79 Å². The second-order valence-electron chi connectivity index (χ2n) is 9.59. The van der Waals surface area contributed by atoms with Crippen molar-refractivity contribution in [3.63, 3.8) is 0 Å². The first-order chi connectivity index (χ1) is 14.6. The third kappa shape index (κ3) is 4.86. The molecular formula is C22H35N3O6. The molecule has 3 fully saturated rings. The third-order valence-electron chi connectivity index (χ3n) is 7.37. The Morgan fingerprint density at radius 2 is 1.84 bits per heavy atom. The molecule has 2 aliphatic heterocycles. The van der Waals surface area contributed by atoms with E-state index in [1.165, 1.54) is 6.92 Å². The highest BCUT2D eigenvalue weighted by Gasteiger charge is 2.54. The maximum atomic E-state index is 13.1. The van der Waals surface area contributed by atoms with Gasteiger partial charge in [0.2, 0.25) is 0 Å². The van der Waals surface area contributed by atoms with Gasteiger partial charge in [0, 0.05) is 13.1 Å². The Morgan fingerprint density at radius 3 is 2.42 bits per heavy atom. The minimum atomic E-state index is -0.980. The molecule has 1 N–H and O–H groups in total. The van der Waals surface area contributed by atoms with E-state index in [1.807, 2.05) is 0 Å². The number of imide groups is 1. The van der Waals surface area contributed by atoms with Crippen LogP contribution in [0.25, 0.3) is 0 Å². The molecule has 1 unspecified atom stereocenters. The van der Waals surface area contributed by atoms with Crippen molar-refractivity contribution in [2.24, 2.45) is 11.3 Å². The molecule has 9 nitrogen and oxygen atoms in total. The molecule has 31 heavy (non-hydrogen) atoms. The Kier molecular flexibility index (Phi) is 6.93. The van der Waals surface area contributed by atoms with Gasteiger partial charge in [-0.2, -0.15) is 0 Å². The average molecular weight is 438 g/mol. The van der Waals surface area contributed by atoms with Gasteiger partial charge in [0.15, 0.2) is 6.10 Å². The molecule has 1 aliphatic carbocycles. The van der Waals surface area contributed by atoms with Crippen LogP contribution >= 0.6 is 0 Å². The topological polar surface area (TPSA) is 105 Å². The van der Waals surface area contributed by atoms with Gasteiger partial charge >= 0.3 is 12.0 Å². The Labute approximate surface area is 183 Å². The molecule has 2 saturated heterocycles. The first-order valence-electron chi connectivity index (χ1n) is 11.3. The lowest BCUT2D eigenvalue weighted by atomic mass is 9.65. The van der Waals surface area contributed by atoms with E-state index in [0.29, 0.717) is 45.1 Å². The highest BCUT2D eigenvalue weighted by Crippen LogP contribution is 2.45. The van der Waals surface area contributed by atoms with E-state index in [4.69, 9.17) is 9.47 Å². The van der Waals surface area contributed by atoms with Crippen LogP contribution in [-0.2, 0) is 23.9 Å². The van der Waals surface area contributed by atoms with Crippen LogP contribution in [0.4, 0.5) is 4.79 Å². The summed E-state index contributed by atoms with van der Waals surface area (Å²) in [5.41, 5.74) is -0.729. The summed E-state index contributed by atoms with van der Waals surface area (Å²) in [4.78, 5) is 52.9. The number of hydrogen-bond acceptors (Lipinski definition) is 6. The number of urea groups is 1. The van der Waals surface area contributed by atoms with E-state index in [0.717, 1.165) is 24.2 Å². The van der Waals surface area contributed by atoms with Crippen LogP contribution in [0.5, 0.6) is 0 Å². The standard InChI is InChI=1S/C22H35N3O6/c1-5-21(3,4)16-6-8-22(9-7-16)19(28)25(20(29)23-22)14-17(26)31-15(2)18(27)24-10-12-30-13-11-24/h15-16H,5-14H2,1-4H3,(H,23,29). The van der Waals surface area contributed by atoms with E-state index in [-0.39, 0.29) is 17.2 Å². The van der Waals surface area contributed by atoms with Gasteiger partial charge in [-0.15, -0.1) is 0 Å². The summed E-state index contributed by atoms with van der Waals surface area (Å²) in [6, 6.07) is -0.567. The number of esters is 1. The highest BCUT2D eigenvalue weighted by molar-refractivity contribution is 6.08. The van der Waals surface area contributed by atoms with Gasteiger partial charge < -0.3 is 19.7 Å². The number of carbonyl (C=O) groups is 4. The van der Waals surface area contributed by atoms with Crippen molar-refractivity contribution in [3.05, 3.63) is 0 Å². The molecule has 0 aromatic rings. The minimum absolute atomic E-state index is 0.194. The Morgan fingerprint density at radius 1 is 1.23 bits per heavy atom. The first-order valence-corrected chi connectivity index (χ1v) is 11.3. The van der Waals surface area contributed by atoms with E-state index < -0.39 is 30.2 Å². The molecule has 1 saturated carbocycles. The number of ether oxygens (including phenoxy) is 2. The summed E-state index contributed by atoms with van der Waals surface area (Å²) >= 11 is 0. The molecule has 2 heterocycles. The minimum Gasteiger partial charge on any atom is -0.451 e. The van der Waals surface area contributed by atoms with E-state index >= 15 is 0 Å². The molecule has 174 valence electrons. The maximum absolute atomic E-state index is 13.1. The van der Waals surface area contributed by atoms with Gasteiger partial charge in [0.1, 0.15) is 12.1 Å². The SMILES string of the molecule is CCC(C)(C)C1CCC2(CC1)NC(=O)N(CC(=O)OC(C)C(=O)N1CCOCC1)C2=O. The van der Waals surface area contributed by atoms with Gasteiger partial charge in [-0.1, -0.05) is 27.2 Å². The summed E-state index contributed by atoms with van der Waals surface area (Å²) in [6.07, 6.45) is 2.94. The number of nitrogens with zero attached hydrogens (tertiary/aromatic N) is 2. The quantitative estimate of drug-likeness (QED) is 0.501. The number of morpholine rings is 1. The maximum Gasteiger partial charge on any atom is 0.327 e. The summed E-state index contributed by atoms with van der Waals surface area (Å²) in [6.45, 7) is 9.47. The fourth-order valence-corrected chi connectivity index (χ4v) is 4.79. The zero-order chi connectivity index (χ0) is 22.8. The molecule has 4 amide bonds. The molecule has 0 bridgehead atoms. The zero-order valence-electron chi connectivity index (χ0n) is 19.1. The van der Waals surface area contributed by atoms with Crippen LogP contribution in [0.15, 0.2) is 0 Å². The Hall–Kier alpha value is -2.16.